The third-order valence-electron chi connectivity index (χ3n) is 3.14. The number of aromatic nitrogens is 1. The third-order valence-corrected chi connectivity index (χ3v) is 4.08. The molecule has 1 aromatic heterocycles. The molecule has 4 heteroatoms. The molecular formula is C16H14N2OS. The third kappa shape index (κ3) is 2.42. The minimum Gasteiger partial charge on any atom is -0.322 e. The highest BCUT2D eigenvalue weighted by atomic mass is 32.1. The van der Waals surface area contributed by atoms with E-state index < -0.39 is 0 Å². The maximum absolute atomic E-state index is 12.3. The zero-order chi connectivity index (χ0) is 14.1. The molecule has 1 N–H and O–H groups in total. The van der Waals surface area contributed by atoms with Crippen LogP contribution in [-0.2, 0) is 0 Å². The minimum absolute atomic E-state index is 0.0799. The molecular weight excluding hydrogens is 268 g/mol. The number of amides is 1. The van der Waals surface area contributed by atoms with Gasteiger partial charge in [0.25, 0.3) is 5.91 Å². The molecule has 3 nitrogen and oxygen atoms in total. The lowest BCUT2D eigenvalue weighted by Gasteiger charge is -2.07. The summed E-state index contributed by atoms with van der Waals surface area (Å²) in [5, 5.41) is 3.97. The van der Waals surface area contributed by atoms with Crippen molar-refractivity contribution >= 4 is 33.1 Å². The zero-order valence-electron chi connectivity index (χ0n) is 11.3. The van der Waals surface area contributed by atoms with Gasteiger partial charge >= 0.3 is 0 Å². The summed E-state index contributed by atoms with van der Waals surface area (Å²) in [7, 11) is 0. The fourth-order valence-corrected chi connectivity index (χ4v) is 3.01. The van der Waals surface area contributed by atoms with Crippen LogP contribution in [0.15, 0.2) is 42.5 Å². The Morgan fingerprint density at radius 1 is 1.15 bits per heavy atom. The van der Waals surface area contributed by atoms with E-state index in [1.54, 1.807) is 11.3 Å². The molecule has 0 fully saturated rings. The molecule has 0 saturated heterocycles. The van der Waals surface area contributed by atoms with Crippen LogP contribution in [0.1, 0.15) is 20.9 Å². The Morgan fingerprint density at radius 2 is 1.95 bits per heavy atom. The van der Waals surface area contributed by atoms with E-state index in [-0.39, 0.29) is 5.91 Å². The number of thiazole rings is 1. The Hall–Kier alpha value is -2.20. The summed E-state index contributed by atoms with van der Waals surface area (Å²) in [5.41, 5.74) is 3.45. The zero-order valence-corrected chi connectivity index (χ0v) is 12.1. The maximum atomic E-state index is 12.3. The Morgan fingerprint density at radius 3 is 2.75 bits per heavy atom. The normalized spacial score (nSPS) is 10.7. The molecule has 0 bridgehead atoms. The maximum Gasteiger partial charge on any atom is 0.255 e. The number of carbonyl (C=O) groups excluding carboxylic acids is 1. The van der Waals surface area contributed by atoms with Gasteiger partial charge in [0, 0.05) is 11.3 Å². The van der Waals surface area contributed by atoms with E-state index in [1.807, 2.05) is 56.3 Å². The van der Waals surface area contributed by atoms with Gasteiger partial charge in [-0.25, -0.2) is 4.98 Å². The monoisotopic (exact) mass is 282 g/mol. The number of carbonyl (C=O) groups is 1. The molecule has 2 aromatic carbocycles. The summed E-state index contributed by atoms with van der Waals surface area (Å²) >= 11 is 1.63. The molecule has 0 unspecified atom stereocenters. The second-order valence-corrected chi connectivity index (χ2v) is 5.92. The van der Waals surface area contributed by atoms with Gasteiger partial charge in [-0.1, -0.05) is 18.2 Å². The fourth-order valence-electron chi connectivity index (χ4n) is 2.14. The van der Waals surface area contributed by atoms with E-state index in [4.69, 9.17) is 0 Å². The Balaban J connectivity index is 1.89. The molecule has 0 radical (unpaired) electrons. The van der Waals surface area contributed by atoms with Crippen LogP contribution in [0.3, 0.4) is 0 Å². The summed E-state index contributed by atoms with van der Waals surface area (Å²) in [6.45, 7) is 3.92. The molecule has 20 heavy (non-hydrogen) atoms. The van der Waals surface area contributed by atoms with Crippen molar-refractivity contribution in [3.05, 3.63) is 58.6 Å². The van der Waals surface area contributed by atoms with Gasteiger partial charge in [0.05, 0.1) is 15.2 Å². The average molecular weight is 282 g/mol. The molecule has 0 saturated carbocycles. The van der Waals surface area contributed by atoms with Crippen LogP contribution in [0.2, 0.25) is 0 Å². The van der Waals surface area contributed by atoms with Gasteiger partial charge in [-0.15, -0.1) is 11.3 Å². The van der Waals surface area contributed by atoms with Crippen LogP contribution in [0.4, 0.5) is 5.69 Å². The Bertz CT molecular complexity index is 792. The highest BCUT2D eigenvalue weighted by Gasteiger charge is 2.09. The first-order valence-electron chi connectivity index (χ1n) is 6.37. The highest BCUT2D eigenvalue weighted by Crippen LogP contribution is 2.25. The van der Waals surface area contributed by atoms with Crippen molar-refractivity contribution < 1.29 is 4.79 Å². The van der Waals surface area contributed by atoms with E-state index in [2.05, 4.69) is 10.3 Å². The molecule has 1 amide bonds. The van der Waals surface area contributed by atoms with Crippen LogP contribution >= 0.6 is 11.3 Å². The number of rotatable bonds is 2. The van der Waals surface area contributed by atoms with E-state index in [0.717, 1.165) is 26.5 Å². The average Bonchev–Trinajstić information content (AvgIpc) is 2.78. The molecule has 0 aliphatic heterocycles. The second-order valence-electron chi connectivity index (χ2n) is 4.68. The second kappa shape index (κ2) is 5.06. The quantitative estimate of drug-likeness (QED) is 0.766. The number of hydrogen-bond donors (Lipinski definition) is 1. The number of hydrogen-bond acceptors (Lipinski definition) is 3. The van der Waals surface area contributed by atoms with Gasteiger partial charge < -0.3 is 5.32 Å². The predicted octanol–water partition coefficient (Wildman–Crippen LogP) is 4.17. The first kappa shape index (κ1) is 12.8. The molecule has 0 atom stereocenters. The van der Waals surface area contributed by atoms with Crippen molar-refractivity contribution in [1.29, 1.82) is 0 Å². The number of aryl methyl sites for hydroxylation is 2. The molecule has 0 spiro atoms. The summed E-state index contributed by atoms with van der Waals surface area (Å²) in [6, 6.07) is 13.4. The molecule has 0 aliphatic carbocycles. The largest absolute Gasteiger partial charge is 0.322 e. The number of anilines is 1. The minimum atomic E-state index is -0.0799. The van der Waals surface area contributed by atoms with E-state index >= 15 is 0 Å². The summed E-state index contributed by atoms with van der Waals surface area (Å²) in [5.74, 6) is -0.0799. The topological polar surface area (TPSA) is 42.0 Å². The SMILES string of the molecule is Cc1nc2ccc(NC(=O)c3ccccc3C)cc2s1. The Labute approximate surface area is 121 Å². The van der Waals surface area contributed by atoms with Gasteiger partial charge in [-0.2, -0.15) is 0 Å². The fraction of sp³-hybridized carbons (Fsp3) is 0.125. The van der Waals surface area contributed by atoms with Crippen LogP contribution < -0.4 is 5.32 Å². The smallest absolute Gasteiger partial charge is 0.255 e. The van der Waals surface area contributed by atoms with Crippen molar-refractivity contribution in [2.24, 2.45) is 0 Å². The summed E-state index contributed by atoms with van der Waals surface area (Å²) in [6.07, 6.45) is 0. The van der Waals surface area contributed by atoms with E-state index in [0.29, 0.717) is 5.56 Å². The molecule has 3 rings (SSSR count). The van der Waals surface area contributed by atoms with E-state index in [1.165, 1.54) is 0 Å². The number of fused-ring (bicyclic) bond motifs is 1. The molecule has 0 aliphatic rings. The van der Waals surface area contributed by atoms with Crippen LogP contribution in [0, 0.1) is 13.8 Å². The lowest BCUT2D eigenvalue weighted by molar-refractivity contribution is 0.102. The van der Waals surface area contributed by atoms with Gasteiger partial charge in [-0.05, 0) is 43.7 Å². The first-order chi connectivity index (χ1) is 9.63. The molecule has 100 valence electrons. The number of benzene rings is 2. The van der Waals surface area contributed by atoms with Crippen LogP contribution in [-0.4, -0.2) is 10.9 Å². The predicted molar refractivity (Wildman–Crippen MR) is 83.5 cm³/mol. The van der Waals surface area contributed by atoms with Crippen molar-refractivity contribution in [2.45, 2.75) is 13.8 Å². The van der Waals surface area contributed by atoms with Crippen molar-refractivity contribution in [3.8, 4) is 0 Å². The van der Waals surface area contributed by atoms with Crippen molar-refractivity contribution in [1.82, 2.24) is 4.98 Å². The van der Waals surface area contributed by atoms with Crippen molar-refractivity contribution in [2.75, 3.05) is 5.32 Å². The summed E-state index contributed by atoms with van der Waals surface area (Å²) < 4.78 is 1.09. The van der Waals surface area contributed by atoms with Crippen molar-refractivity contribution in [3.63, 3.8) is 0 Å². The number of nitrogens with one attached hydrogen (secondary N) is 1. The lowest BCUT2D eigenvalue weighted by atomic mass is 10.1. The van der Waals surface area contributed by atoms with Gasteiger partial charge in [-0.3, -0.25) is 4.79 Å². The van der Waals surface area contributed by atoms with Gasteiger partial charge in [0.15, 0.2) is 0 Å². The lowest BCUT2D eigenvalue weighted by Crippen LogP contribution is -2.13. The standard InChI is InChI=1S/C16H14N2OS/c1-10-5-3-4-6-13(10)16(19)18-12-7-8-14-15(9-12)20-11(2)17-14/h3-9H,1-2H3,(H,18,19). The molecule has 3 aromatic rings. The summed E-state index contributed by atoms with van der Waals surface area (Å²) in [4.78, 5) is 16.7. The van der Waals surface area contributed by atoms with E-state index in [9.17, 15) is 4.79 Å². The Kier molecular flexibility index (Phi) is 3.24. The van der Waals surface area contributed by atoms with Crippen LogP contribution in [0.25, 0.3) is 10.2 Å². The van der Waals surface area contributed by atoms with Gasteiger partial charge in [0.1, 0.15) is 0 Å². The molecule has 1 heterocycles. The first-order valence-corrected chi connectivity index (χ1v) is 7.19. The van der Waals surface area contributed by atoms with Crippen LogP contribution in [0.5, 0.6) is 0 Å². The van der Waals surface area contributed by atoms with Gasteiger partial charge in [0.2, 0.25) is 0 Å². The highest BCUT2D eigenvalue weighted by molar-refractivity contribution is 7.18. The number of nitrogens with zero attached hydrogens (tertiary/aromatic N) is 1.